The molecule has 1 aromatic heterocycles. The van der Waals surface area contributed by atoms with Gasteiger partial charge in [-0.2, -0.15) is 0 Å². The highest BCUT2D eigenvalue weighted by atomic mass is 79.9. The number of anilines is 1. The number of nitrogens with one attached hydrogen (secondary N) is 1. The molecule has 1 N–H and O–H groups in total. The van der Waals surface area contributed by atoms with Crippen molar-refractivity contribution in [1.29, 1.82) is 0 Å². The number of rotatable bonds is 3. The van der Waals surface area contributed by atoms with E-state index in [0.29, 0.717) is 0 Å². The van der Waals surface area contributed by atoms with Crippen LogP contribution in [-0.2, 0) is 0 Å². The fraction of sp³-hybridized carbons (Fsp3) is 0.0909. The third-order valence-corrected chi connectivity index (χ3v) is 4.67. The molecule has 0 radical (unpaired) electrons. The molecule has 4 heteroatoms. The minimum Gasteiger partial charge on any atom is -0.388 e. The van der Waals surface area contributed by atoms with Gasteiger partial charge in [0.2, 0.25) is 0 Å². The molecule has 0 saturated heterocycles. The van der Waals surface area contributed by atoms with E-state index >= 15 is 0 Å². The van der Waals surface area contributed by atoms with Crippen molar-refractivity contribution in [3.63, 3.8) is 0 Å². The molecule has 0 amide bonds. The van der Waals surface area contributed by atoms with Gasteiger partial charge in [-0.1, -0.05) is 11.8 Å². The summed E-state index contributed by atoms with van der Waals surface area (Å²) in [4.78, 5) is 1.27. The SMILES string of the molecule is CNc1ccc(Sc2ccc(Br)s2)cc1. The molecule has 0 unspecified atom stereocenters. The first-order valence-corrected chi connectivity index (χ1v) is 6.91. The van der Waals surface area contributed by atoms with Crippen LogP contribution in [-0.4, -0.2) is 7.05 Å². The summed E-state index contributed by atoms with van der Waals surface area (Å²) in [7, 11) is 1.93. The van der Waals surface area contributed by atoms with Crippen molar-refractivity contribution < 1.29 is 0 Å². The van der Waals surface area contributed by atoms with Crippen molar-refractivity contribution in [2.45, 2.75) is 9.10 Å². The molecule has 0 aliphatic heterocycles. The van der Waals surface area contributed by atoms with E-state index in [9.17, 15) is 0 Å². The molecule has 0 aliphatic rings. The van der Waals surface area contributed by atoms with Crippen molar-refractivity contribution in [3.8, 4) is 0 Å². The Labute approximate surface area is 106 Å². The maximum Gasteiger partial charge on any atom is 0.0710 e. The normalized spacial score (nSPS) is 10.3. The van der Waals surface area contributed by atoms with Gasteiger partial charge in [-0.25, -0.2) is 0 Å². The summed E-state index contributed by atoms with van der Waals surface area (Å²) in [6, 6.07) is 12.6. The van der Waals surface area contributed by atoms with E-state index in [4.69, 9.17) is 0 Å². The maximum atomic E-state index is 3.46. The fourth-order valence-electron chi connectivity index (χ4n) is 1.16. The van der Waals surface area contributed by atoms with Gasteiger partial charge < -0.3 is 5.32 Å². The van der Waals surface area contributed by atoms with Gasteiger partial charge in [-0.15, -0.1) is 11.3 Å². The first-order valence-electron chi connectivity index (χ1n) is 4.49. The number of thiophene rings is 1. The van der Waals surface area contributed by atoms with Crippen molar-refractivity contribution in [2.75, 3.05) is 12.4 Å². The Balaban J connectivity index is 2.11. The highest BCUT2D eigenvalue weighted by Gasteiger charge is 2.00. The first-order chi connectivity index (χ1) is 7.28. The Bertz CT molecular complexity index is 436. The summed E-state index contributed by atoms with van der Waals surface area (Å²) in [5.74, 6) is 0. The standard InChI is InChI=1S/C11H10BrNS2/c1-13-8-2-4-9(5-3-8)14-11-7-6-10(12)15-11/h2-7,13H,1H3. The van der Waals surface area contributed by atoms with E-state index in [1.807, 2.05) is 7.05 Å². The second-order valence-corrected chi connectivity index (χ2v) is 6.77. The Morgan fingerprint density at radius 1 is 1.13 bits per heavy atom. The molecule has 1 heterocycles. The second kappa shape index (κ2) is 5.05. The molecule has 0 atom stereocenters. The average Bonchev–Trinajstić information content (AvgIpc) is 2.65. The Hall–Kier alpha value is -0.450. The van der Waals surface area contributed by atoms with Crippen LogP contribution in [0.25, 0.3) is 0 Å². The van der Waals surface area contributed by atoms with Crippen LogP contribution in [0.5, 0.6) is 0 Å². The maximum absolute atomic E-state index is 3.46. The van der Waals surface area contributed by atoms with Gasteiger partial charge in [-0.3, -0.25) is 0 Å². The molecule has 1 aromatic carbocycles. The minimum atomic E-state index is 1.15. The van der Waals surface area contributed by atoms with Gasteiger partial charge in [-0.05, 0) is 52.3 Å². The lowest BCUT2D eigenvalue weighted by Gasteiger charge is -2.01. The van der Waals surface area contributed by atoms with Crippen LogP contribution < -0.4 is 5.32 Å². The highest BCUT2D eigenvalue weighted by molar-refractivity contribution is 9.11. The number of hydrogen-bond donors (Lipinski definition) is 1. The van der Waals surface area contributed by atoms with Crippen LogP contribution in [0.15, 0.2) is 49.3 Å². The van der Waals surface area contributed by atoms with E-state index in [0.717, 1.165) is 5.69 Å². The topological polar surface area (TPSA) is 12.0 Å². The van der Waals surface area contributed by atoms with Gasteiger partial charge in [0.1, 0.15) is 0 Å². The Kier molecular flexibility index (Phi) is 3.72. The molecular weight excluding hydrogens is 290 g/mol. The summed E-state index contributed by atoms with van der Waals surface area (Å²) in [6.07, 6.45) is 0. The molecular formula is C11H10BrNS2. The largest absolute Gasteiger partial charge is 0.388 e. The summed E-state index contributed by atoms with van der Waals surface area (Å²) >= 11 is 7.01. The van der Waals surface area contributed by atoms with Crippen molar-refractivity contribution >= 4 is 44.7 Å². The molecule has 15 heavy (non-hydrogen) atoms. The summed E-state index contributed by atoms with van der Waals surface area (Å²) in [6.45, 7) is 0. The zero-order valence-electron chi connectivity index (χ0n) is 8.16. The number of halogens is 1. The smallest absolute Gasteiger partial charge is 0.0710 e. The zero-order chi connectivity index (χ0) is 10.7. The molecule has 0 bridgehead atoms. The predicted molar refractivity (Wildman–Crippen MR) is 72.1 cm³/mol. The van der Waals surface area contributed by atoms with Gasteiger partial charge in [0.15, 0.2) is 0 Å². The van der Waals surface area contributed by atoms with Crippen LogP contribution in [0.2, 0.25) is 0 Å². The van der Waals surface area contributed by atoms with E-state index in [1.165, 1.54) is 12.9 Å². The van der Waals surface area contributed by atoms with Crippen molar-refractivity contribution in [2.24, 2.45) is 0 Å². The first kappa shape index (κ1) is 11.0. The van der Waals surface area contributed by atoms with Crippen molar-refractivity contribution in [3.05, 3.63) is 40.2 Å². The van der Waals surface area contributed by atoms with Crippen LogP contribution in [0.4, 0.5) is 5.69 Å². The van der Waals surface area contributed by atoms with E-state index < -0.39 is 0 Å². The fourth-order valence-corrected chi connectivity index (χ4v) is 3.96. The van der Waals surface area contributed by atoms with Gasteiger partial charge in [0, 0.05) is 17.6 Å². The lowest BCUT2D eigenvalue weighted by Crippen LogP contribution is -1.85. The quantitative estimate of drug-likeness (QED) is 0.881. The molecule has 2 rings (SSSR count). The third-order valence-electron chi connectivity index (χ3n) is 1.91. The van der Waals surface area contributed by atoms with E-state index in [2.05, 4.69) is 57.6 Å². The second-order valence-electron chi connectivity index (χ2n) is 2.93. The van der Waals surface area contributed by atoms with Gasteiger partial charge in [0.05, 0.1) is 8.00 Å². The summed E-state index contributed by atoms with van der Waals surface area (Å²) in [5, 5.41) is 3.11. The average molecular weight is 300 g/mol. The van der Waals surface area contributed by atoms with Gasteiger partial charge >= 0.3 is 0 Å². The van der Waals surface area contributed by atoms with Crippen molar-refractivity contribution in [1.82, 2.24) is 0 Å². The summed E-state index contributed by atoms with van der Waals surface area (Å²) in [5.41, 5.74) is 1.15. The Morgan fingerprint density at radius 3 is 2.40 bits per heavy atom. The molecule has 0 spiro atoms. The van der Waals surface area contributed by atoms with Crippen LogP contribution in [0.1, 0.15) is 0 Å². The van der Waals surface area contributed by atoms with Crippen LogP contribution in [0, 0.1) is 0 Å². The van der Waals surface area contributed by atoms with E-state index in [-0.39, 0.29) is 0 Å². The highest BCUT2D eigenvalue weighted by Crippen LogP contribution is 2.35. The third kappa shape index (κ3) is 3.00. The molecule has 0 aliphatic carbocycles. The van der Waals surface area contributed by atoms with Crippen LogP contribution >= 0.6 is 39.0 Å². The van der Waals surface area contributed by atoms with Gasteiger partial charge in [0.25, 0.3) is 0 Å². The number of hydrogen-bond acceptors (Lipinski definition) is 3. The minimum absolute atomic E-state index is 1.15. The zero-order valence-corrected chi connectivity index (χ0v) is 11.4. The molecule has 78 valence electrons. The molecule has 0 saturated carbocycles. The lowest BCUT2D eigenvalue weighted by atomic mass is 10.3. The summed E-state index contributed by atoms with van der Waals surface area (Å²) < 4.78 is 2.48. The monoisotopic (exact) mass is 299 g/mol. The molecule has 1 nitrogen and oxygen atoms in total. The molecule has 0 fully saturated rings. The Morgan fingerprint density at radius 2 is 1.87 bits per heavy atom. The molecule has 2 aromatic rings. The van der Waals surface area contributed by atoms with E-state index in [1.54, 1.807) is 23.1 Å². The predicted octanol–water partition coefficient (Wildman–Crippen LogP) is 4.70. The van der Waals surface area contributed by atoms with Crippen LogP contribution in [0.3, 0.4) is 0 Å². The lowest BCUT2D eigenvalue weighted by molar-refractivity contribution is 1.42. The number of benzene rings is 1.